The van der Waals surface area contributed by atoms with Gasteiger partial charge in [0.25, 0.3) is 6.36 Å². The first-order chi connectivity index (χ1) is 20.8. The maximum absolute atomic E-state index is 16.6. The van der Waals surface area contributed by atoms with Crippen LogP contribution >= 0.6 is 22.9 Å². The number of benzene rings is 2. The summed E-state index contributed by atoms with van der Waals surface area (Å²) >= 11 is 7.76. The van der Waals surface area contributed by atoms with E-state index in [1.165, 1.54) is 12.1 Å². The average Bonchev–Trinajstić information content (AvgIpc) is 3.70. The Bertz CT molecular complexity index is 1860. The molecular weight excluding hydrogens is 601 g/mol. The van der Waals surface area contributed by atoms with E-state index in [0.29, 0.717) is 36.5 Å². The Morgan fingerprint density at radius 3 is 2.98 bits per heavy atom. The van der Waals surface area contributed by atoms with E-state index in [4.69, 9.17) is 26.8 Å². The number of nitriles is 1. The van der Waals surface area contributed by atoms with Crippen LogP contribution in [0.1, 0.15) is 48.6 Å². The van der Waals surface area contributed by atoms with Crippen molar-refractivity contribution in [2.45, 2.75) is 43.5 Å². The molecule has 4 atom stereocenters. The lowest BCUT2D eigenvalue weighted by atomic mass is 9.95. The van der Waals surface area contributed by atoms with Crippen molar-refractivity contribution >= 4 is 43.7 Å². The molecule has 4 aliphatic rings. The molecule has 2 saturated heterocycles. The summed E-state index contributed by atoms with van der Waals surface area (Å²) in [7, 11) is 0. The van der Waals surface area contributed by atoms with Gasteiger partial charge in [-0.25, -0.2) is 8.78 Å². The summed E-state index contributed by atoms with van der Waals surface area (Å²) in [5.74, 6) is 0.0604. The highest BCUT2D eigenvalue weighted by molar-refractivity contribution is 7.23. The van der Waals surface area contributed by atoms with Gasteiger partial charge in [-0.1, -0.05) is 17.7 Å². The number of aromatic nitrogens is 1. The van der Waals surface area contributed by atoms with Gasteiger partial charge in [-0.2, -0.15) is 9.65 Å². The highest BCUT2D eigenvalue weighted by Crippen LogP contribution is 2.52. The molecule has 0 saturated carbocycles. The van der Waals surface area contributed by atoms with Crippen LogP contribution in [-0.4, -0.2) is 47.5 Å². The second-order valence-electron chi connectivity index (χ2n) is 11.5. The van der Waals surface area contributed by atoms with Gasteiger partial charge in [-0.15, -0.1) is 11.3 Å². The normalized spacial score (nSPS) is 25.8. The Morgan fingerprint density at radius 1 is 1.28 bits per heavy atom. The fourth-order valence-corrected chi connectivity index (χ4v) is 8.62. The molecule has 43 heavy (non-hydrogen) atoms. The number of alkyl halides is 2. The van der Waals surface area contributed by atoms with Crippen LogP contribution in [0.4, 0.5) is 23.9 Å². The molecule has 1 unspecified atom stereocenters. The number of fused-ring (bicyclic) bond motifs is 4. The number of rotatable bonds is 4. The van der Waals surface area contributed by atoms with E-state index in [-0.39, 0.29) is 49.3 Å². The summed E-state index contributed by atoms with van der Waals surface area (Å²) in [5.41, 5.74) is 7.95. The number of nitrogens with zero attached hydrogens (tertiary/aromatic N) is 3. The summed E-state index contributed by atoms with van der Waals surface area (Å²) in [6.07, 6.45) is 0.346. The fourth-order valence-electron chi connectivity index (χ4n) is 7.37. The van der Waals surface area contributed by atoms with Crippen LogP contribution in [0.15, 0.2) is 30.5 Å². The number of anilines is 2. The lowest BCUT2D eigenvalue weighted by Gasteiger charge is -2.33. The van der Waals surface area contributed by atoms with Crippen LogP contribution in [0.25, 0.3) is 21.2 Å². The number of nitrogen functional groups attached to an aromatic ring is 1. The van der Waals surface area contributed by atoms with Crippen molar-refractivity contribution in [3.8, 4) is 28.7 Å². The third-order valence-corrected chi connectivity index (χ3v) is 10.5. The van der Waals surface area contributed by atoms with Gasteiger partial charge in [0.05, 0.1) is 33.1 Å². The van der Waals surface area contributed by atoms with Crippen LogP contribution in [0, 0.1) is 17.1 Å². The third kappa shape index (κ3) is 3.88. The Labute approximate surface area is 253 Å². The number of nitrogens with one attached hydrogen (secondary N) is 2. The Hall–Kier alpha value is -3.63. The van der Waals surface area contributed by atoms with E-state index in [1.54, 1.807) is 16.8 Å². The molecule has 4 N–H and O–H groups in total. The minimum atomic E-state index is -2.01. The molecule has 2 aromatic carbocycles. The second kappa shape index (κ2) is 9.69. The summed E-state index contributed by atoms with van der Waals surface area (Å²) < 4.78 is 60.1. The Morgan fingerprint density at radius 2 is 2.14 bits per heavy atom. The molecular formula is C30H26ClF3N6O2S. The third-order valence-electron chi connectivity index (χ3n) is 9.20. The van der Waals surface area contributed by atoms with Gasteiger partial charge in [-0.05, 0) is 43.1 Å². The number of hydrogen-bond acceptors (Lipinski definition) is 8. The standard InChI is InChI=1S/C30H26ClF3N6O2S/c31-17-11-40-24(22(17)15-2-3-18(33)26-21(15)16(9-35)28(36)43-26)27(34)42-25-20(5-4-19-23(25)29(40)38-13-37-19)41-12-30-6-1-7-39(30)10-14(32)8-30/h2-5,11,14,27,29,37-38H,1,6-8,10,12-13,36H2/t14-,27?,29+,30+/m1/s1. The average molecular weight is 627 g/mol. The second-order valence-corrected chi connectivity index (χ2v) is 13.0. The van der Waals surface area contributed by atoms with Crippen molar-refractivity contribution < 1.29 is 22.6 Å². The first kappa shape index (κ1) is 27.0. The van der Waals surface area contributed by atoms with E-state index in [9.17, 15) is 14.0 Å². The van der Waals surface area contributed by atoms with Gasteiger partial charge in [0.2, 0.25) is 0 Å². The van der Waals surface area contributed by atoms with Gasteiger partial charge in [-0.3, -0.25) is 10.2 Å². The first-order valence-electron chi connectivity index (χ1n) is 14.1. The molecule has 0 bridgehead atoms. The van der Waals surface area contributed by atoms with Gasteiger partial charge in [0.1, 0.15) is 41.5 Å². The zero-order valence-corrected chi connectivity index (χ0v) is 24.3. The molecule has 0 amide bonds. The summed E-state index contributed by atoms with van der Waals surface area (Å²) in [4.78, 5) is 2.16. The zero-order valence-electron chi connectivity index (χ0n) is 22.7. The lowest BCUT2D eigenvalue weighted by Crippen LogP contribution is -2.43. The number of ether oxygens (including phenoxy) is 2. The predicted molar refractivity (Wildman–Crippen MR) is 159 cm³/mol. The van der Waals surface area contributed by atoms with Crippen molar-refractivity contribution in [1.82, 2.24) is 14.8 Å². The van der Waals surface area contributed by atoms with Crippen molar-refractivity contribution in [3.05, 3.63) is 58.1 Å². The van der Waals surface area contributed by atoms with Gasteiger partial charge >= 0.3 is 0 Å². The first-order valence-corrected chi connectivity index (χ1v) is 15.3. The molecule has 4 aromatic rings. The maximum atomic E-state index is 16.6. The minimum absolute atomic E-state index is 0.107. The van der Waals surface area contributed by atoms with Crippen LogP contribution in [-0.2, 0) is 0 Å². The fraction of sp³-hybridized carbons (Fsp3) is 0.367. The molecule has 13 heteroatoms. The largest absolute Gasteiger partial charge is 0.488 e. The summed E-state index contributed by atoms with van der Waals surface area (Å²) in [6.45, 7) is 1.88. The van der Waals surface area contributed by atoms with Crippen LogP contribution in [0.5, 0.6) is 11.5 Å². The number of nitrogens with two attached hydrogens (primary N) is 1. The van der Waals surface area contributed by atoms with Gasteiger partial charge < -0.3 is 25.1 Å². The van der Waals surface area contributed by atoms with E-state index in [0.717, 1.165) is 36.4 Å². The number of halogens is 4. The molecule has 0 radical (unpaired) electrons. The van der Waals surface area contributed by atoms with Gasteiger partial charge in [0, 0.05) is 35.8 Å². The SMILES string of the molecule is N#Cc1c(N)sc2c(F)ccc(-c3c(Cl)cn4c3C(F)Oc3c(OC[C@@]56CCCN5C[C@H](F)C6)ccc5c3[C@H]4NCN5)c12. The highest BCUT2D eigenvalue weighted by Gasteiger charge is 2.49. The van der Waals surface area contributed by atoms with Gasteiger partial charge in [0.15, 0.2) is 11.5 Å². The minimum Gasteiger partial charge on any atom is -0.488 e. The van der Waals surface area contributed by atoms with Crippen molar-refractivity contribution in [1.29, 1.82) is 5.26 Å². The molecule has 2 aromatic heterocycles. The molecule has 0 spiro atoms. The topological polar surface area (TPSA) is 100 Å². The Kier molecular flexibility index (Phi) is 6.07. The zero-order chi connectivity index (χ0) is 29.6. The molecule has 6 heterocycles. The smallest absolute Gasteiger partial charge is 0.279 e. The van der Waals surface area contributed by atoms with Crippen molar-refractivity contribution in [2.24, 2.45) is 0 Å². The number of thiophene rings is 1. The highest BCUT2D eigenvalue weighted by atomic mass is 35.5. The Balaban J connectivity index is 1.25. The quantitative estimate of drug-likeness (QED) is 0.239. The molecule has 0 aliphatic carbocycles. The molecule has 222 valence electrons. The molecule has 2 fully saturated rings. The maximum Gasteiger partial charge on any atom is 0.279 e. The lowest BCUT2D eigenvalue weighted by molar-refractivity contribution is 0.0560. The summed E-state index contributed by atoms with van der Waals surface area (Å²) in [6, 6.07) is 8.43. The van der Waals surface area contributed by atoms with Crippen molar-refractivity contribution in [2.75, 3.05) is 37.4 Å². The van der Waals surface area contributed by atoms with Crippen LogP contribution in [0.2, 0.25) is 5.02 Å². The number of hydrogen-bond donors (Lipinski definition) is 3. The van der Waals surface area contributed by atoms with E-state index in [1.807, 2.05) is 6.07 Å². The van der Waals surface area contributed by atoms with Crippen molar-refractivity contribution in [3.63, 3.8) is 0 Å². The van der Waals surface area contributed by atoms with Crippen LogP contribution in [0.3, 0.4) is 0 Å². The van der Waals surface area contributed by atoms with E-state index < -0.39 is 30.1 Å². The predicted octanol–water partition coefficient (Wildman–Crippen LogP) is 6.45. The summed E-state index contributed by atoms with van der Waals surface area (Å²) in [5, 5.41) is 17.2. The molecule has 8 nitrogen and oxygen atoms in total. The monoisotopic (exact) mass is 626 g/mol. The van der Waals surface area contributed by atoms with E-state index >= 15 is 4.39 Å². The molecule has 4 aliphatic heterocycles. The molecule has 8 rings (SSSR count). The van der Waals surface area contributed by atoms with Crippen LogP contribution < -0.4 is 25.8 Å². The van der Waals surface area contributed by atoms with E-state index in [2.05, 4.69) is 21.6 Å².